The van der Waals surface area contributed by atoms with Gasteiger partial charge in [0.15, 0.2) is 0 Å². The lowest BCUT2D eigenvalue weighted by molar-refractivity contribution is -0.0582. The van der Waals surface area contributed by atoms with Gasteiger partial charge in [-0.05, 0) is 6.42 Å². The third kappa shape index (κ3) is 2.67. The van der Waals surface area contributed by atoms with E-state index < -0.39 is 0 Å². The SMILES string of the molecule is CCC(C(=N)N)N1CCOC(CO)C1. The van der Waals surface area contributed by atoms with E-state index in [0.29, 0.717) is 13.2 Å². The predicted molar refractivity (Wildman–Crippen MR) is 54.4 cm³/mol. The van der Waals surface area contributed by atoms with Crippen molar-refractivity contribution in [1.29, 1.82) is 5.41 Å². The van der Waals surface area contributed by atoms with Gasteiger partial charge in [0.25, 0.3) is 0 Å². The molecule has 14 heavy (non-hydrogen) atoms. The molecule has 82 valence electrons. The van der Waals surface area contributed by atoms with Gasteiger partial charge in [-0.2, -0.15) is 0 Å². The van der Waals surface area contributed by atoms with Crippen molar-refractivity contribution in [3.8, 4) is 0 Å². The Balaban J connectivity index is 2.53. The average molecular weight is 201 g/mol. The van der Waals surface area contributed by atoms with E-state index in [-0.39, 0.29) is 24.6 Å². The standard InChI is InChI=1S/C9H19N3O2/c1-2-8(9(10)11)12-3-4-14-7(5-12)6-13/h7-8,13H,2-6H2,1H3,(H3,10,11). The molecule has 2 unspecified atom stereocenters. The number of hydrogen-bond donors (Lipinski definition) is 3. The Morgan fingerprint density at radius 2 is 2.50 bits per heavy atom. The van der Waals surface area contributed by atoms with E-state index >= 15 is 0 Å². The second-order valence-corrected chi connectivity index (χ2v) is 3.55. The molecule has 4 N–H and O–H groups in total. The van der Waals surface area contributed by atoms with Gasteiger partial charge in [-0.25, -0.2) is 0 Å². The number of morpholine rings is 1. The molecule has 0 aromatic carbocycles. The van der Waals surface area contributed by atoms with Crippen LogP contribution in [-0.2, 0) is 4.74 Å². The average Bonchev–Trinajstić information content (AvgIpc) is 2.19. The van der Waals surface area contributed by atoms with E-state index in [4.69, 9.17) is 21.0 Å². The highest BCUT2D eigenvalue weighted by molar-refractivity contribution is 5.82. The van der Waals surface area contributed by atoms with Gasteiger partial charge >= 0.3 is 0 Å². The monoisotopic (exact) mass is 201 g/mol. The first kappa shape index (κ1) is 11.4. The summed E-state index contributed by atoms with van der Waals surface area (Å²) in [7, 11) is 0. The van der Waals surface area contributed by atoms with Crippen molar-refractivity contribution in [3.63, 3.8) is 0 Å². The van der Waals surface area contributed by atoms with Crippen LogP contribution in [0.4, 0.5) is 0 Å². The van der Waals surface area contributed by atoms with E-state index in [0.717, 1.165) is 13.0 Å². The first-order chi connectivity index (χ1) is 6.69. The third-order valence-electron chi connectivity index (χ3n) is 2.56. The number of aliphatic hydroxyl groups excluding tert-OH is 1. The molecule has 0 radical (unpaired) electrons. The van der Waals surface area contributed by atoms with E-state index in [9.17, 15) is 0 Å². The normalized spacial score (nSPS) is 26.0. The van der Waals surface area contributed by atoms with E-state index in [1.54, 1.807) is 0 Å². The van der Waals surface area contributed by atoms with Gasteiger partial charge in [-0.15, -0.1) is 0 Å². The van der Waals surface area contributed by atoms with E-state index in [1.807, 2.05) is 6.92 Å². The summed E-state index contributed by atoms with van der Waals surface area (Å²) in [5.41, 5.74) is 5.50. The second-order valence-electron chi connectivity index (χ2n) is 3.55. The molecule has 1 fully saturated rings. The fraction of sp³-hybridized carbons (Fsp3) is 0.889. The number of hydrogen-bond acceptors (Lipinski definition) is 4. The van der Waals surface area contributed by atoms with Crippen LogP contribution in [-0.4, -0.2) is 54.3 Å². The Kier molecular flexibility index (Phi) is 4.31. The van der Waals surface area contributed by atoms with Crippen molar-refractivity contribution in [2.75, 3.05) is 26.3 Å². The number of nitrogens with zero attached hydrogens (tertiary/aromatic N) is 1. The van der Waals surface area contributed by atoms with Crippen LogP contribution in [0, 0.1) is 5.41 Å². The number of rotatable bonds is 4. The van der Waals surface area contributed by atoms with Crippen molar-refractivity contribution in [2.24, 2.45) is 5.73 Å². The number of nitrogens with two attached hydrogens (primary N) is 1. The predicted octanol–water partition coefficient (Wildman–Crippen LogP) is -0.606. The molecule has 0 saturated carbocycles. The van der Waals surface area contributed by atoms with Gasteiger partial charge in [-0.1, -0.05) is 6.92 Å². The Hall–Kier alpha value is -0.650. The topological polar surface area (TPSA) is 82.6 Å². The molecule has 1 rings (SSSR count). The zero-order valence-corrected chi connectivity index (χ0v) is 8.57. The quantitative estimate of drug-likeness (QED) is 0.419. The fourth-order valence-corrected chi connectivity index (χ4v) is 1.81. The molecule has 5 heteroatoms. The van der Waals surface area contributed by atoms with Crippen molar-refractivity contribution in [2.45, 2.75) is 25.5 Å². The first-order valence-corrected chi connectivity index (χ1v) is 4.99. The Morgan fingerprint density at radius 3 is 3.00 bits per heavy atom. The fourth-order valence-electron chi connectivity index (χ4n) is 1.81. The summed E-state index contributed by atoms with van der Waals surface area (Å²) in [6.45, 7) is 4.10. The molecule has 2 atom stereocenters. The van der Waals surface area contributed by atoms with Crippen LogP contribution in [0.2, 0.25) is 0 Å². The largest absolute Gasteiger partial charge is 0.394 e. The minimum Gasteiger partial charge on any atom is -0.394 e. The maximum atomic E-state index is 8.97. The molecular weight excluding hydrogens is 182 g/mol. The Labute approximate surface area is 84.3 Å². The van der Waals surface area contributed by atoms with Crippen molar-refractivity contribution in [3.05, 3.63) is 0 Å². The zero-order valence-electron chi connectivity index (χ0n) is 8.57. The molecule has 1 aliphatic heterocycles. The molecule has 0 bridgehead atoms. The highest BCUT2D eigenvalue weighted by atomic mass is 16.5. The maximum Gasteiger partial charge on any atom is 0.108 e. The molecule has 0 aromatic heterocycles. The molecule has 5 nitrogen and oxygen atoms in total. The highest BCUT2D eigenvalue weighted by Gasteiger charge is 2.26. The Bertz CT molecular complexity index is 198. The minimum absolute atomic E-state index is 0.00653. The van der Waals surface area contributed by atoms with Gasteiger partial charge in [0, 0.05) is 13.1 Å². The van der Waals surface area contributed by atoms with Gasteiger partial charge < -0.3 is 15.6 Å². The van der Waals surface area contributed by atoms with E-state index in [2.05, 4.69) is 4.90 Å². The highest BCUT2D eigenvalue weighted by Crippen LogP contribution is 2.10. The summed E-state index contributed by atoms with van der Waals surface area (Å²) in [6.07, 6.45) is 0.699. The van der Waals surface area contributed by atoms with Crippen LogP contribution < -0.4 is 5.73 Å². The smallest absolute Gasteiger partial charge is 0.108 e. The second kappa shape index (κ2) is 5.29. The molecule has 0 amide bonds. The molecule has 0 spiro atoms. The van der Waals surface area contributed by atoms with Gasteiger partial charge in [-0.3, -0.25) is 10.3 Å². The molecule has 1 heterocycles. The van der Waals surface area contributed by atoms with Crippen molar-refractivity contribution >= 4 is 5.84 Å². The molecular formula is C9H19N3O2. The summed E-state index contributed by atoms with van der Waals surface area (Å²) in [5, 5.41) is 16.4. The van der Waals surface area contributed by atoms with Crippen LogP contribution >= 0.6 is 0 Å². The zero-order chi connectivity index (χ0) is 10.6. The lowest BCUT2D eigenvalue weighted by atomic mass is 10.1. The lowest BCUT2D eigenvalue weighted by Crippen LogP contribution is -2.52. The van der Waals surface area contributed by atoms with Crippen LogP contribution in [0.15, 0.2) is 0 Å². The van der Waals surface area contributed by atoms with Crippen LogP contribution in [0.3, 0.4) is 0 Å². The summed E-state index contributed by atoms with van der Waals surface area (Å²) < 4.78 is 5.33. The van der Waals surface area contributed by atoms with Crippen molar-refractivity contribution < 1.29 is 9.84 Å². The van der Waals surface area contributed by atoms with Gasteiger partial charge in [0.1, 0.15) is 5.84 Å². The number of amidine groups is 1. The summed E-state index contributed by atoms with van der Waals surface area (Å²) in [4.78, 5) is 2.10. The lowest BCUT2D eigenvalue weighted by Gasteiger charge is -2.36. The van der Waals surface area contributed by atoms with Crippen LogP contribution in [0.1, 0.15) is 13.3 Å². The van der Waals surface area contributed by atoms with Gasteiger partial charge in [0.05, 0.1) is 25.4 Å². The first-order valence-electron chi connectivity index (χ1n) is 4.99. The van der Waals surface area contributed by atoms with Crippen LogP contribution in [0.25, 0.3) is 0 Å². The molecule has 1 aliphatic rings. The number of ether oxygens (including phenoxy) is 1. The van der Waals surface area contributed by atoms with E-state index in [1.165, 1.54) is 0 Å². The Morgan fingerprint density at radius 1 is 1.79 bits per heavy atom. The maximum absolute atomic E-state index is 8.97. The van der Waals surface area contributed by atoms with Gasteiger partial charge in [0.2, 0.25) is 0 Å². The number of nitrogens with one attached hydrogen (secondary N) is 1. The third-order valence-corrected chi connectivity index (χ3v) is 2.56. The molecule has 0 aromatic rings. The summed E-state index contributed by atoms with van der Waals surface area (Å²) >= 11 is 0. The summed E-state index contributed by atoms with van der Waals surface area (Å²) in [6, 6.07) is -0.00653. The van der Waals surface area contributed by atoms with Crippen molar-refractivity contribution in [1.82, 2.24) is 4.90 Å². The summed E-state index contributed by atoms with van der Waals surface area (Å²) in [5.74, 6) is 0.200. The molecule has 1 saturated heterocycles. The number of aliphatic hydroxyl groups is 1. The van der Waals surface area contributed by atoms with Crippen LogP contribution in [0.5, 0.6) is 0 Å². The minimum atomic E-state index is -0.128. The molecule has 0 aliphatic carbocycles.